The van der Waals surface area contributed by atoms with Gasteiger partial charge in [-0.05, 0) is 35.5 Å². The van der Waals surface area contributed by atoms with Crippen molar-refractivity contribution in [3.8, 4) is 10.4 Å². The number of benzene rings is 2. The van der Waals surface area contributed by atoms with Crippen LogP contribution in [0.2, 0.25) is 0 Å². The summed E-state index contributed by atoms with van der Waals surface area (Å²) in [5.74, 6) is -1.34. The molecule has 0 fully saturated rings. The molecule has 0 aliphatic rings. The molecule has 1 heterocycles. The topological polar surface area (TPSA) is 42.0 Å². The molecule has 1 aromatic heterocycles. The Kier molecular flexibility index (Phi) is 5.82. The zero-order valence-corrected chi connectivity index (χ0v) is 16.6. The fraction of sp³-hybridized carbons (Fsp3) is 0.158. The predicted octanol–water partition coefficient (Wildman–Crippen LogP) is 5.28. The average molecular weight is 426 g/mol. The fourth-order valence-electron chi connectivity index (χ4n) is 2.65. The molecule has 1 atom stereocenters. The van der Waals surface area contributed by atoms with Gasteiger partial charge in [-0.1, -0.05) is 42.5 Å². The van der Waals surface area contributed by atoms with Crippen LogP contribution in [0.1, 0.15) is 28.5 Å². The molecular formula is C19H15F4N2OPS. The molecule has 0 aliphatic heterocycles. The van der Waals surface area contributed by atoms with Gasteiger partial charge in [0.05, 0.1) is 21.7 Å². The minimum absolute atomic E-state index is 0.124. The highest BCUT2D eigenvalue weighted by Gasteiger charge is 2.31. The van der Waals surface area contributed by atoms with Gasteiger partial charge in [0.2, 0.25) is 0 Å². The minimum Gasteiger partial charge on any atom is -0.298 e. The molecule has 0 aliphatic carbocycles. The Hall–Kier alpha value is -2.31. The largest absolute Gasteiger partial charge is 0.416 e. The average Bonchev–Trinajstić information content (AvgIpc) is 3.04. The Morgan fingerprint density at radius 1 is 1.21 bits per heavy atom. The third kappa shape index (κ3) is 4.23. The Morgan fingerprint density at radius 2 is 1.93 bits per heavy atom. The highest BCUT2D eigenvalue weighted by molar-refractivity contribution is 7.27. The lowest BCUT2D eigenvalue weighted by atomic mass is 10.1. The van der Waals surface area contributed by atoms with Crippen LogP contribution in [0.3, 0.4) is 0 Å². The van der Waals surface area contributed by atoms with Crippen molar-refractivity contribution >= 4 is 36.9 Å². The zero-order valence-electron chi connectivity index (χ0n) is 14.6. The third-order valence-corrected chi connectivity index (χ3v) is 5.52. The van der Waals surface area contributed by atoms with E-state index in [0.29, 0.717) is 27.9 Å². The van der Waals surface area contributed by atoms with Crippen molar-refractivity contribution in [1.82, 2.24) is 4.98 Å². The lowest BCUT2D eigenvalue weighted by Gasteiger charge is -2.08. The van der Waals surface area contributed by atoms with Crippen LogP contribution in [-0.4, -0.2) is 10.9 Å². The number of hydrogen-bond acceptors (Lipinski definition) is 3. The number of amides is 1. The summed E-state index contributed by atoms with van der Waals surface area (Å²) in [4.78, 5) is 17.3. The first-order chi connectivity index (χ1) is 13.2. The van der Waals surface area contributed by atoms with Crippen molar-refractivity contribution in [1.29, 1.82) is 0 Å². The van der Waals surface area contributed by atoms with Crippen LogP contribution in [-0.2, 0) is 12.6 Å². The third-order valence-electron chi connectivity index (χ3n) is 3.98. The van der Waals surface area contributed by atoms with Gasteiger partial charge in [0.15, 0.2) is 5.13 Å². The van der Waals surface area contributed by atoms with Gasteiger partial charge < -0.3 is 0 Å². The summed E-state index contributed by atoms with van der Waals surface area (Å²) in [7, 11) is 2.29. The molecule has 0 saturated heterocycles. The summed E-state index contributed by atoms with van der Waals surface area (Å²) >= 11 is 1.05. The van der Waals surface area contributed by atoms with Crippen LogP contribution < -0.4 is 10.6 Å². The molecule has 1 amide bonds. The van der Waals surface area contributed by atoms with E-state index in [-0.39, 0.29) is 10.7 Å². The molecular weight excluding hydrogens is 411 g/mol. The van der Waals surface area contributed by atoms with Gasteiger partial charge in [0.25, 0.3) is 5.91 Å². The van der Waals surface area contributed by atoms with E-state index in [1.165, 1.54) is 18.2 Å². The number of nitrogens with one attached hydrogen (secondary N) is 1. The van der Waals surface area contributed by atoms with Crippen LogP contribution >= 0.6 is 20.6 Å². The second kappa shape index (κ2) is 7.97. The van der Waals surface area contributed by atoms with E-state index in [1.54, 1.807) is 12.1 Å². The standard InChI is InChI=1S/C19H15F4N2OPS/c1-2-13-16(10-5-3-6-11(9-10)19(21,22)23)28-18(24-13)25-17(26)15-12(20)7-4-8-14(15)27/h3-9H,2,27H2,1H3,(H,24,25,26). The number of aryl methyl sites for hydroxylation is 1. The number of hydrogen-bond donors (Lipinski definition) is 1. The van der Waals surface area contributed by atoms with Crippen LogP contribution in [0.15, 0.2) is 42.5 Å². The molecule has 0 bridgehead atoms. The van der Waals surface area contributed by atoms with Crippen molar-refractivity contribution in [3.63, 3.8) is 0 Å². The van der Waals surface area contributed by atoms with Crippen LogP contribution in [0.5, 0.6) is 0 Å². The summed E-state index contributed by atoms with van der Waals surface area (Å²) in [5.41, 5.74) is 0.0352. The molecule has 146 valence electrons. The second-order valence-corrected chi connectivity index (χ2v) is 7.51. The molecule has 1 unspecified atom stereocenters. The lowest BCUT2D eigenvalue weighted by molar-refractivity contribution is -0.137. The Morgan fingerprint density at radius 3 is 2.57 bits per heavy atom. The number of carbonyl (C=O) groups excluding carboxylic acids is 1. The Balaban J connectivity index is 1.95. The molecule has 2 aromatic carbocycles. The van der Waals surface area contributed by atoms with Gasteiger partial charge in [0, 0.05) is 0 Å². The Bertz CT molecular complexity index is 1010. The smallest absolute Gasteiger partial charge is 0.298 e. The lowest BCUT2D eigenvalue weighted by Crippen LogP contribution is -2.20. The number of carbonyl (C=O) groups is 1. The first-order valence-corrected chi connectivity index (χ1v) is 9.62. The maximum atomic E-state index is 14.0. The van der Waals surface area contributed by atoms with Crippen molar-refractivity contribution in [2.45, 2.75) is 19.5 Å². The predicted molar refractivity (Wildman–Crippen MR) is 106 cm³/mol. The fourth-order valence-corrected chi connectivity index (χ4v) is 4.07. The molecule has 0 saturated carbocycles. The molecule has 9 heteroatoms. The van der Waals surface area contributed by atoms with E-state index in [2.05, 4.69) is 19.5 Å². The number of anilines is 1. The molecule has 1 N–H and O–H groups in total. The van der Waals surface area contributed by atoms with Crippen molar-refractivity contribution < 1.29 is 22.4 Å². The van der Waals surface area contributed by atoms with E-state index in [9.17, 15) is 22.4 Å². The van der Waals surface area contributed by atoms with Gasteiger partial charge in [-0.25, -0.2) is 9.37 Å². The molecule has 3 rings (SSSR count). The summed E-state index contributed by atoms with van der Waals surface area (Å²) in [6.07, 6.45) is -3.99. The molecule has 3 aromatic rings. The van der Waals surface area contributed by atoms with Crippen LogP contribution in [0.4, 0.5) is 22.7 Å². The number of aromatic nitrogens is 1. The molecule has 0 spiro atoms. The van der Waals surface area contributed by atoms with Crippen molar-refractivity contribution in [2.75, 3.05) is 5.32 Å². The van der Waals surface area contributed by atoms with Gasteiger partial charge in [-0.3, -0.25) is 10.1 Å². The summed E-state index contributed by atoms with van der Waals surface area (Å²) in [6, 6.07) is 9.18. The van der Waals surface area contributed by atoms with E-state index < -0.39 is 23.5 Å². The minimum atomic E-state index is -4.45. The van der Waals surface area contributed by atoms with Crippen molar-refractivity contribution in [2.24, 2.45) is 0 Å². The number of alkyl halides is 3. The molecule has 3 nitrogen and oxygen atoms in total. The van der Waals surface area contributed by atoms with Gasteiger partial charge >= 0.3 is 6.18 Å². The summed E-state index contributed by atoms with van der Waals surface area (Å²) in [5, 5.41) is 3.13. The quantitative estimate of drug-likeness (QED) is 0.456. The van der Waals surface area contributed by atoms with Crippen LogP contribution in [0, 0.1) is 5.82 Å². The molecule has 28 heavy (non-hydrogen) atoms. The van der Waals surface area contributed by atoms with Crippen LogP contribution in [0.25, 0.3) is 10.4 Å². The van der Waals surface area contributed by atoms with Gasteiger partial charge in [-0.2, -0.15) is 13.2 Å². The van der Waals surface area contributed by atoms with E-state index in [0.717, 1.165) is 23.5 Å². The monoisotopic (exact) mass is 426 g/mol. The zero-order chi connectivity index (χ0) is 20.5. The summed E-state index contributed by atoms with van der Waals surface area (Å²) in [6.45, 7) is 1.81. The first-order valence-electron chi connectivity index (χ1n) is 8.23. The highest BCUT2D eigenvalue weighted by atomic mass is 32.1. The molecule has 0 radical (unpaired) electrons. The van der Waals surface area contributed by atoms with E-state index >= 15 is 0 Å². The van der Waals surface area contributed by atoms with Gasteiger partial charge in [-0.15, -0.1) is 9.24 Å². The first kappa shape index (κ1) is 20.4. The van der Waals surface area contributed by atoms with Crippen molar-refractivity contribution in [3.05, 3.63) is 65.1 Å². The maximum Gasteiger partial charge on any atom is 0.416 e. The van der Waals surface area contributed by atoms with Gasteiger partial charge in [0.1, 0.15) is 5.82 Å². The number of thiazole rings is 1. The number of rotatable bonds is 4. The highest BCUT2D eigenvalue weighted by Crippen LogP contribution is 2.37. The van der Waals surface area contributed by atoms with E-state index in [1.807, 2.05) is 6.92 Å². The van der Waals surface area contributed by atoms with E-state index in [4.69, 9.17) is 0 Å². The normalized spacial score (nSPS) is 11.5. The Labute approximate surface area is 165 Å². The number of nitrogens with zero attached hydrogens (tertiary/aromatic N) is 1. The number of halogens is 4. The summed E-state index contributed by atoms with van der Waals surface area (Å²) < 4.78 is 53.0. The second-order valence-electron chi connectivity index (χ2n) is 5.89. The SMILES string of the molecule is CCc1nc(NC(=O)c2c(F)cccc2P)sc1-c1cccc(C(F)(F)F)c1. The maximum absolute atomic E-state index is 14.0.